The molecule has 0 spiro atoms. The molecule has 2 heterocycles. The third-order valence-corrected chi connectivity index (χ3v) is 3.88. The second-order valence-electron chi connectivity index (χ2n) is 5.11. The van der Waals surface area contributed by atoms with Gasteiger partial charge in [0.05, 0.1) is 6.10 Å². The summed E-state index contributed by atoms with van der Waals surface area (Å²) in [7, 11) is 0. The number of rotatable bonds is 3. The lowest BCUT2D eigenvalue weighted by Gasteiger charge is -2.14. The Hall–Kier alpha value is -1.81. The minimum Gasteiger partial charge on any atom is -0.378 e. The van der Waals surface area contributed by atoms with E-state index >= 15 is 0 Å². The quantitative estimate of drug-likeness (QED) is 0.887. The highest BCUT2D eigenvalue weighted by molar-refractivity contribution is 5.97. The van der Waals surface area contributed by atoms with Crippen molar-refractivity contribution in [2.75, 3.05) is 13.2 Å². The SMILES string of the molecule is CC1OCCC1CNC(=O)c1ccc2cc[nH]c2c1. The summed E-state index contributed by atoms with van der Waals surface area (Å²) in [4.78, 5) is 15.2. The molecule has 1 aliphatic rings. The van der Waals surface area contributed by atoms with Crippen LogP contribution >= 0.6 is 0 Å². The summed E-state index contributed by atoms with van der Waals surface area (Å²) >= 11 is 0. The van der Waals surface area contributed by atoms with Crippen molar-refractivity contribution in [2.24, 2.45) is 5.92 Å². The molecule has 100 valence electrons. The first-order chi connectivity index (χ1) is 9.24. The number of fused-ring (bicyclic) bond motifs is 1. The summed E-state index contributed by atoms with van der Waals surface area (Å²) < 4.78 is 5.49. The highest BCUT2D eigenvalue weighted by Gasteiger charge is 2.24. The number of aromatic amines is 1. The third kappa shape index (κ3) is 2.49. The molecule has 3 rings (SSSR count). The summed E-state index contributed by atoms with van der Waals surface area (Å²) in [5.41, 5.74) is 1.69. The average molecular weight is 258 g/mol. The van der Waals surface area contributed by atoms with Crippen LogP contribution in [0.2, 0.25) is 0 Å². The van der Waals surface area contributed by atoms with Gasteiger partial charge in [-0.05, 0) is 36.9 Å². The van der Waals surface area contributed by atoms with Gasteiger partial charge in [0.2, 0.25) is 0 Å². The summed E-state index contributed by atoms with van der Waals surface area (Å²) in [6, 6.07) is 7.70. The molecule has 4 heteroatoms. The van der Waals surface area contributed by atoms with Gasteiger partial charge in [-0.15, -0.1) is 0 Å². The molecule has 1 fully saturated rings. The van der Waals surface area contributed by atoms with Crippen LogP contribution in [0.4, 0.5) is 0 Å². The van der Waals surface area contributed by atoms with E-state index in [0.29, 0.717) is 18.0 Å². The first-order valence-electron chi connectivity index (χ1n) is 6.71. The molecule has 2 atom stereocenters. The van der Waals surface area contributed by atoms with Crippen molar-refractivity contribution >= 4 is 16.8 Å². The van der Waals surface area contributed by atoms with E-state index in [2.05, 4.69) is 17.2 Å². The molecule has 0 aliphatic carbocycles. The monoisotopic (exact) mass is 258 g/mol. The number of carbonyl (C=O) groups is 1. The van der Waals surface area contributed by atoms with Crippen molar-refractivity contribution < 1.29 is 9.53 Å². The van der Waals surface area contributed by atoms with Crippen LogP contribution in [0.5, 0.6) is 0 Å². The Bertz CT molecular complexity index is 591. The Morgan fingerprint density at radius 2 is 2.37 bits per heavy atom. The summed E-state index contributed by atoms with van der Waals surface area (Å²) in [6.07, 6.45) is 3.15. The van der Waals surface area contributed by atoms with Crippen LogP contribution in [-0.2, 0) is 4.74 Å². The fourth-order valence-corrected chi connectivity index (χ4v) is 2.56. The van der Waals surface area contributed by atoms with E-state index in [9.17, 15) is 4.79 Å². The van der Waals surface area contributed by atoms with Crippen molar-refractivity contribution in [1.29, 1.82) is 0 Å². The second-order valence-corrected chi connectivity index (χ2v) is 5.11. The standard InChI is InChI=1S/C15H18N2O2/c1-10-13(5-7-19-10)9-17-15(18)12-3-2-11-4-6-16-14(11)8-12/h2-4,6,8,10,13,16H,5,7,9H2,1H3,(H,17,18). The van der Waals surface area contributed by atoms with E-state index in [1.54, 1.807) is 0 Å². The average Bonchev–Trinajstić information content (AvgIpc) is 3.03. The Balaban J connectivity index is 1.66. The van der Waals surface area contributed by atoms with Gasteiger partial charge in [-0.2, -0.15) is 0 Å². The minimum absolute atomic E-state index is 0.0180. The number of ether oxygens (including phenoxy) is 1. The molecule has 0 radical (unpaired) electrons. The maximum atomic E-state index is 12.1. The number of carbonyl (C=O) groups excluding carboxylic acids is 1. The zero-order valence-corrected chi connectivity index (χ0v) is 11.0. The smallest absolute Gasteiger partial charge is 0.251 e. The minimum atomic E-state index is -0.0180. The Morgan fingerprint density at radius 3 is 3.16 bits per heavy atom. The lowest BCUT2D eigenvalue weighted by molar-refractivity contribution is 0.0907. The Morgan fingerprint density at radius 1 is 1.47 bits per heavy atom. The van der Waals surface area contributed by atoms with Gasteiger partial charge in [0.25, 0.3) is 5.91 Å². The van der Waals surface area contributed by atoms with Gasteiger partial charge in [-0.25, -0.2) is 0 Å². The molecule has 0 saturated carbocycles. The topological polar surface area (TPSA) is 54.1 Å². The van der Waals surface area contributed by atoms with Gasteiger partial charge >= 0.3 is 0 Å². The molecule has 1 amide bonds. The van der Waals surface area contributed by atoms with E-state index < -0.39 is 0 Å². The van der Waals surface area contributed by atoms with E-state index in [4.69, 9.17) is 4.74 Å². The molecule has 2 N–H and O–H groups in total. The van der Waals surface area contributed by atoms with Gasteiger partial charge < -0.3 is 15.0 Å². The predicted molar refractivity (Wildman–Crippen MR) is 74.2 cm³/mol. The molecule has 0 bridgehead atoms. The molecule has 1 aromatic heterocycles. The van der Waals surface area contributed by atoms with Gasteiger partial charge in [-0.1, -0.05) is 6.07 Å². The lowest BCUT2D eigenvalue weighted by atomic mass is 10.0. The Labute approximate surface area is 112 Å². The second kappa shape index (κ2) is 5.05. The van der Waals surface area contributed by atoms with Crippen molar-refractivity contribution in [3.63, 3.8) is 0 Å². The van der Waals surface area contributed by atoms with Crippen LogP contribution < -0.4 is 5.32 Å². The highest BCUT2D eigenvalue weighted by Crippen LogP contribution is 2.19. The van der Waals surface area contributed by atoms with Crippen molar-refractivity contribution in [3.8, 4) is 0 Å². The van der Waals surface area contributed by atoms with Crippen molar-refractivity contribution in [1.82, 2.24) is 10.3 Å². The molecular weight excluding hydrogens is 240 g/mol. The molecule has 1 saturated heterocycles. The van der Waals surface area contributed by atoms with E-state index in [-0.39, 0.29) is 12.0 Å². The molecule has 2 unspecified atom stereocenters. The van der Waals surface area contributed by atoms with Gasteiger partial charge in [0.15, 0.2) is 0 Å². The van der Waals surface area contributed by atoms with Crippen LogP contribution in [-0.4, -0.2) is 30.1 Å². The summed E-state index contributed by atoms with van der Waals surface area (Å²) in [5, 5.41) is 4.12. The van der Waals surface area contributed by atoms with Gasteiger partial charge in [0.1, 0.15) is 0 Å². The van der Waals surface area contributed by atoms with Crippen molar-refractivity contribution in [3.05, 3.63) is 36.0 Å². The molecule has 2 aromatic rings. The zero-order chi connectivity index (χ0) is 13.2. The normalized spacial score (nSPS) is 22.8. The number of hydrogen-bond donors (Lipinski definition) is 2. The number of aromatic nitrogens is 1. The first kappa shape index (κ1) is 12.2. The fourth-order valence-electron chi connectivity index (χ4n) is 2.56. The maximum absolute atomic E-state index is 12.1. The number of H-pyrrole nitrogens is 1. The zero-order valence-electron chi connectivity index (χ0n) is 11.0. The van der Waals surface area contributed by atoms with Gasteiger partial charge in [0, 0.05) is 36.3 Å². The third-order valence-electron chi connectivity index (χ3n) is 3.88. The summed E-state index contributed by atoms with van der Waals surface area (Å²) in [6.45, 7) is 3.55. The molecular formula is C15H18N2O2. The largest absolute Gasteiger partial charge is 0.378 e. The van der Waals surface area contributed by atoms with E-state index in [0.717, 1.165) is 23.9 Å². The van der Waals surface area contributed by atoms with Gasteiger partial charge in [-0.3, -0.25) is 4.79 Å². The number of benzene rings is 1. The summed E-state index contributed by atoms with van der Waals surface area (Å²) in [5.74, 6) is 0.411. The molecule has 1 aromatic carbocycles. The van der Waals surface area contributed by atoms with Crippen LogP contribution in [0.15, 0.2) is 30.5 Å². The highest BCUT2D eigenvalue weighted by atomic mass is 16.5. The molecule has 4 nitrogen and oxygen atoms in total. The van der Waals surface area contributed by atoms with E-state index in [1.165, 1.54) is 0 Å². The number of amides is 1. The van der Waals surface area contributed by atoms with Crippen molar-refractivity contribution in [2.45, 2.75) is 19.4 Å². The van der Waals surface area contributed by atoms with Crippen LogP contribution in [0.25, 0.3) is 10.9 Å². The lowest BCUT2D eigenvalue weighted by Crippen LogP contribution is -2.31. The van der Waals surface area contributed by atoms with Crippen LogP contribution in [0.1, 0.15) is 23.7 Å². The number of hydrogen-bond acceptors (Lipinski definition) is 2. The Kier molecular flexibility index (Phi) is 3.25. The van der Waals surface area contributed by atoms with Crippen LogP contribution in [0.3, 0.4) is 0 Å². The number of nitrogens with one attached hydrogen (secondary N) is 2. The molecule has 19 heavy (non-hydrogen) atoms. The first-order valence-corrected chi connectivity index (χ1v) is 6.71. The molecule has 1 aliphatic heterocycles. The maximum Gasteiger partial charge on any atom is 0.251 e. The van der Waals surface area contributed by atoms with Crippen LogP contribution in [0, 0.1) is 5.92 Å². The predicted octanol–water partition coefficient (Wildman–Crippen LogP) is 2.32. The van der Waals surface area contributed by atoms with E-state index in [1.807, 2.05) is 30.5 Å². The fraction of sp³-hybridized carbons (Fsp3) is 0.400.